The first-order chi connectivity index (χ1) is 9.38. The van der Waals surface area contributed by atoms with E-state index in [1.807, 2.05) is 24.3 Å². The van der Waals surface area contributed by atoms with Crippen molar-refractivity contribution in [2.75, 3.05) is 11.9 Å². The molecule has 1 saturated heterocycles. The highest BCUT2D eigenvalue weighted by molar-refractivity contribution is 5.57. The number of nitriles is 1. The first-order valence-corrected chi connectivity index (χ1v) is 7.37. The maximum absolute atomic E-state index is 9.17. The fourth-order valence-corrected chi connectivity index (χ4v) is 3.63. The van der Waals surface area contributed by atoms with Crippen LogP contribution in [0.15, 0.2) is 24.3 Å². The molecule has 0 bridgehead atoms. The quantitative estimate of drug-likeness (QED) is 0.873. The zero-order chi connectivity index (χ0) is 13.1. The Hall–Kier alpha value is -1.53. The van der Waals surface area contributed by atoms with Crippen molar-refractivity contribution in [3.8, 4) is 6.07 Å². The number of nitrogens with one attached hydrogen (secondary N) is 2. The lowest BCUT2D eigenvalue weighted by Gasteiger charge is -2.27. The number of para-hydroxylation sites is 1. The predicted octanol–water partition coefficient (Wildman–Crippen LogP) is 2.89. The summed E-state index contributed by atoms with van der Waals surface area (Å²) in [6.07, 6.45) is 6.45. The Morgan fingerprint density at radius 3 is 2.84 bits per heavy atom. The largest absolute Gasteiger partial charge is 0.381 e. The summed E-state index contributed by atoms with van der Waals surface area (Å²) in [4.78, 5) is 0. The molecule has 3 heteroatoms. The molecule has 19 heavy (non-hydrogen) atoms. The van der Waals surface area contributed by atoms with Crippen LogP contribution in [0.4, 0.5) is 5.69 Å². The lowest BCUT2D eigenvalue weighted by molar-refractivity contribution is 0.376. The Balaban J connectivity index is 1.73. The van der Waals surface area contributed by atoms with E-state index in [1.54, 1.807) is 0 Å². The van der Waals surface area contributed by atoms with Crippen LogP contribution in [0.25, 0.3) is 0 Å². The van der Waals surface area contributed by atoms with Crippen molar-refractivity contribution in [1.29, 1.82) is 5.26 Å². The van der Waals surface area contributed by atoms with Gasteiger partial charge in [-0.2, -0.15) is 5.26 Å². The van der Waals surface area contributed by atoms with Crippen LogP contribution < -0.4 is 10.6 Å². The standard InChI is InChI=1S/C16H21N3/c17-11-12-5-1-2-7-14(12)19-16-8-3-6-13(16)15-9-4-10-18-15/h1-2,5,7,13,15-16,18-19H,3-4,6,8-10H2. The third-order valence-electron chi connectivity index (χ3n) is 4.57. The van der Waals surface area contributed by atoms with Crippen molar-refractivity contribution in [2.24, 2.45) is 5.92 Å². The van der Waals surface area contributed by atoms with Gasteiger partial charge in [-0.1, -0.05) is 18.6 Å². The van der Waals surface area contributed by atoms with Crippen LogP contribution in [-0.2, 0) is 0 Å². The minimum Gasteiger partial charge on any atom is -0.381 e. The molecule has 1 aromatic carbocycles. The van der Waals surface area contributed by atoms with E-state index in [1.165, 1.54) is 38.6 Å². The van der Waals surface area contributed by atoms with E-state index in [2.05, 4.69) is 16.7 Å². The number of hydrogen-bond acceptors (Lipinski definition) is 3. The third-order valence-corrected chi connectivity index (χ3v) is 4.57. The molecule has 1 saturated carbocycles. The summed E-state index contributed by atoms with van der Waals surface area (Å²) >= 11 is 0. The van der Waals surface area contributed by atoms with Crippen LogP contribution in [-0.4, -0.2) is 18.6 Å². The van der Waals surface area contributed by atoms with E-state index in [4.69, 9.17) is 5.26 Å². The van der Waals surface area contributed by atoms with Crippen LogP contribution in [0.3, 0.4) is 0 Å². The lowest BCUT2D eigenvalue weighted by atomic mass is 9.93. The number of rotatable bonds is 3. The molecule has 1 aliphatic heterocycles. The predicted molar refractivity (Wildman–Crippen MR) is 76.9 cm³/mol. The van der Waals surface area contributed by atoms with Crippen molar-refractivity contribution >= 4 is 5.69 Å². The Kier molecular flexibility index (Phi) is 3.70. The zero-order valence-electron chi connectivity index (χ0n) is 11.2. The van der Waals surface area contributed by atoms with E-state index < -0.39 is 0 Å². The summed E-state index contributed by atoms with van der Waals surface area (Å²) in [6.45, 7) is 1.17. The molecule has 1 heterocycles. The van der Waals surface area contributed by atoms with Gasteiger partial charge in [0.2, 0.25) is 0 Å². The fraction of sp³-hybridized carbons (Fsp3) is 0.562. The second-order valence-corrected chi connectivity index (χ2v) is 5.71. The highest BCUT2D eigenvalue weighted by Gasteiger charge is 2.35. The smallest absolute Gasteiger partial charge is 0.101 e. The molecule has 1 aromatic rings. The second-order valence-electron chi connectivity index (χ2n) is 5.71. The van der Waals surface area contributed by atoms with Crippen molar-refractivity contribution < 1.29 is 0 Å². The van der Waals surface area contributed by atoms with Gasteiger partial charge >= 0.3 is 0 Å². The van der Waals surface area contributed by atoms with Gasteiger partial charge in [0.05, 0.1) is 11.3 Å². The van der Waals surface area contributed by atoms with Gasteiger partial charge in [-0.25, -0.2) is 0 Å². The molecule has 0 amide bonds. The molecule has 2 N–H and O–H groups in total. The molecule has 0 radical (unpaired) electrons. The molecule has 3 atom stereocenters. The summed E-state index contributed by atoms with van der Waals surface area (Å²) < 4.78 is 0. The average molecular weight is 255 g/mol. The van der Waals surface area contributed by atoms with E-state index >= 15 is 0 Å². The van der Waals surface area contributed by atoms with E-state index in [9.17, 15) is 0 Å². The van der Waals surface area contributed by atoms with Crippen LogP contribution in [0.1, 0.15) is 37.7 Å². The van der Waals surface area contributed by atoms with E-state index in [0.29, 0.717) is 18.0 Å². The highest BCUT2D eigenvalue weighted by atomic mass is 15.0. The van der Waals surface area contributed by atoms with E-state index in [-0.39, 0.29) is 0 Å². The Morgan fingerprint density at radius 1 is 1.16 bits per heavy atom. The molecule has 0 spiro atoms. The summed E-state index contributed by atoms with van der Waals surface area (Å²) in [7, 11) is 0. The van der Waals surface area contributed by atoms with Gasteiger partial charge in [0, 0.05) is 12.1 Å². The van der Waals surface area contributed by atoms with E-state index in [0.717, 1.165) is 11.3 Å². The summed E-state index contributed by atoms with van der Waals surface area (Å²) in [5.41, 5.74) is 1.76. The summed E-state index contributed by atoms with van der Waals surface area (Å²) in [5.74, 6) is 0.717. The summed E-state index contributed by atoms with van der Waals surface area (Å²) in [6, 6.07) is 11.3. The van der Waals surface area contributed by atoms with Crippen LogP contribution in [0.2, 0.25) is 0 Å². The minimum atomic E-state index is 0.519. The monoisotopic (exact) mass is 255 g/mol. The molecule has 0 aromatic heterocycles. The van der Waals surface area contributed by atoms with Gasteiger partial charge in [-0.05, 0) is 50.3 Å². The maximum Gasteiger partial charge on any atom is 0.101 e. The molecule has 1 aliphatic carbocycles. The van der Waals surface area contributed by atoms with Gasteiger partial charge in [0.25, 0.3) is 0 Å². The van der Waals surface area contributed by atoms with Gasteiger partial charge in [-0.3, -0.25) is 0 Å². The molecule has 3 unspecified atom stereocenters. The molecule has 2 aliphatic rings. The molecule has 100 valence electrons. The normalized spacial score (nSPS) is 30.2. The van der Waals surface area contributed by atoms with Crippen molar-refractivity contribution in [2.45, 2.75) is 44.2 Å². The molecule has 3 nitrogen and oxygen atoms in total. The van der Waals surface area contributed by atoms with Gasteiger partial charge in [-0.15, -0.1) is 0 Å². The van der Waals surface area contributed by atoms with Crippen molar-refractivity contribution in [3.63, 3.8) is 0 Å². The van der Waals surface area contributed by atoms with Crippen molar-refractivity contribution in [1.82, 2.24) is 5.32 Å². The maximum atomic E-state index is 9.17. The first-order valence-electron chi connectivity index (χ1n) is 7.37. The molecular weight excluding hydrogens is 234 g/mol. The Labute approximate surface area is 115 Å². The number of anilines is 1. The summed E-state index contributed by atoms with van der Waals surface area (Å²) in [5, 5.41) is 16.4. The topological polar surface area (TPSA) is 47.9 Å². The van der Waals surface area contributed by atoms with Crippen LogP contribution in [0, 0.1) is 17.2 Å². The average Bonchev–Trinajstić information content (AvgIpc) is 3.09. The Bertz CT molecular complexity index is 471. The number of hydrogen-bond donors (Lipinski definition) is 2. The first kappa shape index (κ1) is 12.5. The number of nitrogens with zero attached hydrogens (tertiary/aromatic N) is 1. The fourth-order valence-electron chi connectivity index (χ4n) is 3.63. The van der Waals surface area contributed by atoms with Gasteiger partial charge in [0.1, 0.15) is 6.07 Å². The van der Waals surface area contributed by atoms with Gasteiger partial charge < -0.3 is 10.6 Å². The SMILES string of the molecule is N#Cc1ccccc1NC1CCCC1C1CCCN1. The zero-order valence-corrected chi connectivity index (χ0v) is 11.2. The number of benzene rings is 1. The molecule has 3 rings (SSSR count). The second kappa shape index (κ2) is 5.63. The highest BCUT2D eigenvalue weighted by Crippen LogP contribution is 2.34. The van der Waals surface area contributed by atoms with Crippen LogP contribution in [0.5, 0.6) is 0 Å². The van der Waals surface area contributed by atoms with Crippen LogP contribution >= 0.6 is 0 Å². The Morgan fingerprint density at radius 2 is 2.05 bits per heavy atom. The molecular formula is C16H21N3. The molecule has 2 fully saturated rings. The third kappa shape index (κ3) is 2.59. The van der Waals surface area contributed by atoms with Gasteiger partial charge in [0.15, 0.2) is 0 Å². The van der Waals surface area contributed by atoms with Crippen molar-refractivity contribution in [3.05, 3.63) is 29.8 Å². The lowest BCUT2D eigenvalue weighted by Crippen LogP contribution is -2.38. The minimum absolute atomic E-state index is 0.519.